The molecular weight excluding hydrogens is 214 g/mol. The van der Waals surface area contributed by atoms with Crippen molar-refractivity contribution in [3.63, 3.8) is 0 Å². The first-order valence-electron chi connectivity index (χ1n) is 7.08. The Labute approximate surface area is 105 Å². The fourth-order valence-electron chi connectivity index (χ4n) is 3.28. The van der Waals surface area contributed by atoms with Crippen molar-refractivity contribution in [3.8, 4) is 0 Å². The van der Waals surface area contributed by atoms with Gasteiger partial charge in [-0.3, -0.25) is 4.90 Å². The van der Waals surface area contributed by atoms with Crippen LogP contribution in [0.25, 0.3) is 0 Å². The second kappa shape index (κ2) is 5.25. The molecule has 1 saturated heterocycles. The second-order valence-electron chi connectivity index (χ2n) is 6.26. The summed E-state index contributed by atoms with van der Waals surface area (Å²) in [4.78, 5) is 2.43. The molecule has 1 saturated carbocycles. The SMILES string of the molecule is CCN(CC1CCCO1)C1CCC(C)(C)C1O. The molecule has 1 N–H and O–H groups in total. The molecule has 0 spiro atoms. The summed E-state index contributed by atoms with van der Waals surface area (Å²) < 4.78 is 5.71. The Balaban J connectivity index is 1.94. The molecule has 0 radical (unpaired) electrons. The Morgan fingerprint density at radius 1 is 1.35 bits per heavy atom. The van der Waals surface area contributed by atoms with Gasteiger partial charge in [0.2, 0.25) is 0 Å². The van der Waals surface area contributed by atoms with Gasteiger partial charge >= 0.3 is 0 Å². The van der Waals surface area contributed by atoms with Crippen molar-refractivity contribution in [1.82, 2.24) is 4.90 Å². The zero-order chi connectivity index (χ0) is 12.5. The Bertz CT molecular complexity index is 249. The average Bonchev–Trinajstić information content (AvgIpc) is 2.87. The number of nitrogens with zero attached hydrogens (tertiary/aromatic N) is 1. The molecule has 2 fully saturated rings. The lowest BCUT2D eigenvalue weighted by atomic mass is 9.88. The molecule has 3 unspecified atom stereocenters. The minimum Gasteiger partial charge on any atom is -0.391 e. The highest BCUT2D eigenvalue weighted by Gasteiger charge is 2.43. The molecule has 0 aromatic heterocycles. The van der Waals surface area contributed by atoms with Crippen molar-refractivity contribution in [3.05, 3.63) is 0 Å². The minimum absolute atomic E-state index is 0.0780. The summed E-state index contributed by atoms with van der Waals surface area (Å²) in [7, 11) is 0. The van der Waals surface area contributed by atoms with E-state index in [4.69, 9.17) is 4.74 Å². The van der Waals surface area contributed by atoms with E-state index in [0.717, 1.165) is 32.5 Å². The lowest BCUT2D eigenvalue weighted by Gasteiger charge is -2.34. The number of hydrogen-bond donors (Lipinski definition) is 1. The molecule has 1 heterocycles. The van der Waals surface area contributed by atoms with Crippen LogP contribution in [0.4, 0.5) is 0 Å². The highest BCUT2D eigenvalue weighted by Crippen LogP contribution is 2.40. The Morgan fingerprint density at radius 2 is 2.12 bits per heavy atom. The minimum atomic E-state index is -0.191. The van der Waals surface area contributed by atoms with Crippen LogP contribution in [-0.2, 0) is 4.74 Å². The molecule has 0 aromatic rings. The van der Waals surface area contributed by atoms with Gasteiger partial charge in [-0.2, -0.15) is 0 Å². The number of aliphatic hydroxyl groups is 1. The van der Waals surface area contributed by atoms with E-state index in [1.165, 1.54) is 12.8 Å². The standard InChI is InChI=1S/C14H27NO2/c1-4-15(10-11-6-5-9-17-11)12-7-8-14(2,3)13(12)16/h11-13,16H,4-10H2,1-3H3. The van der Waals surface area contributed by atoms with E-state index >= 15 is 0 Å². The van der Waals surface area contributed by atoms with Gasteiger partial charge in [0, 0.05) is 19.2 Å². The van der Waals surface area contributed by atoms with Gasteiger partial charge in [-0.25, -0.2) is 0 Å². The quantitative estimate of drug-likeness (QED) is 0.817. The third kappa shape index (κ3) is 2.83. The van der Waals surface area contributed by atoms with Gasteiger partial charge < -0.3 is 9.84 Å². The topological polar surface area (TPSA) is 32.7 Å². The molecule has 3 heteroatoms. The van der Waals surface area contributed by atoms with E-state index in [-0.39, 0.29) is 11.5 Å². The molecule has 0 aromatic carbocycles. The second-order valence-corrected chi connectivity index (χ2v) is 6.26. The monoisotopic (exact) mass is 241 g/mol. The maximum Gasteiger partial charge on any atom is 0.0746 e. The zero-order valence-corrected chi connectivity index (χ0v) is 11.5. The Kier molecular flexibility index (Phi) is 4.11. The third-order valence-electron chi connectivity index (χ3n) is 4.59. The third-order valence-corrected chi connectivity index (χ3v) is 4.59. The van der Waals surface area contributed by atoms with Gasteiger partial charge in [0.15, 0.2) is 0 Å². The average molecular weight is 241 g/mol. The zero-order valence-electron chi connectivity index (χ0n) is 11.5. The van der Waals surface area contributed by atoms with Gasteiger partial charge in [0.1, 0.15) is 0 Å². The van der Waals surface area contributed by atoms with E-state index in [2.05, 4.69) is 25.7 Å². The number of likely N-dealkylation sites (N-methyl/N-ethyl adjacent to an activating group) is 1. The van der Waals surface area contributed by atoms with Crippen LogP contribution in [0.5, 0.6) is 0 Å². The summed E-state index contributed by atoms with van der Waals surface area (Å²) in [5, 5.41) is 10.4. The van der Waals surface area contributed by atoms with Crippen molar-refractivity contribution in [1.29, 1.82) is 0 Å². The van der Waals surface area contributed by atoms with Crippen LogP contribution in [0.3, 0.4) is 0 Å². The molecule has 3 nitrogen and oxygen atoms in total. The normalized spacial score (nSPS) is 36.9. The molecule has 1 aliphatic carbocycles. The predicted octanol–water partition coefficient (Wildman–Crippen LogP) is 2.04. The first-order valence-corrected chi connectivity index (χ1v) is 7.08. The molecule has 3 atom stereocenters. The molecule has 0 bridgehead atoms. The van der Waals surface area contributed by atoms with Gasteiger partial charge in [0.25, 0.3) is 0 Å². The summed E-state index contributed by atoms with van der Waals surface area (Å²) in [5.41, 5.74) is 0.0780. The summed E-state index contributed by atoms with van der Waals surface area (Å²) in [6.07, 6.45) is 4.83. The summed E-state index contributed by atoms with van der Waals surface area (Å²) in [5.74, 6) is 0. The highest BCUT2D eigenvalue weighted by molar-refractivity contribution is 4.96. The van der Waals surface area contributed by atoms with Crippen LogP contribution >= 0.6 is 0 Å². The predicted molar refractivity (Wildman–Crippen MR) is 69.0 cm³/mol. The fourth-order valence-corrected chi connectivity index (χ4v) is 3.28. The lowest BCUT2D eigenvalue weighted by Crippen LogP contribution is -2.46. The first-order chi connectivity index (χ1) is 8.04. The molecule has 0 amide bonds. The molecule has 2 aliphatic rings. The van der Waals surface area contributed by atoms with Gasteiger partial charge in [-0.05, 0) is 37.6 Å². The molecule has 17 heavy (non-hydrogen) atoms. The van der Waals surface area contributed by atoms with Gasteiger partial charge in [0.05, 0.1) is 12.2 Å². The summed E-state index contributed by atoms with van der Waals surface area (Å²) in [6.45, 7) is 9.47. The van der Waals surface area contributed by atoms with Crippen LogP contribution in [0, 0.1) is 5.41 Å². The van der Waals surface area contributed by atoms with Crippen LogP contribution < -0.4 is 0 Å². The van der Waals surface area contributed by atoms with Gasteiger partial charge in [-0.1, -0.05) is 20.8 Å². The number of aliphatic hydroxyl groups excluding tert-OH is 1. The van der Waals surface area contributed by atoms with Crippen molar-refractivity contribution in [2.24, 2.45) is 5.41 Å². The maximum atomic E-state index is 10.4. The number of rotatable bonds is 4. The molecule has 2 rings (SSSR count). The van der Waals surface area contributed by atoms with Crippen molar-refractivity contribution in [2.75, 3.05) is 19.7 Å². The van der Waals surface area contributed by atoms with Crippen molar-refractivity contribution in [2.45, 2.75) is 64.7 Å². The van der Waals surface area contributed by atoms with E-state index in [1.807, 2.05) is 0 Å². The highest BCUT2D eigenvalue weighted by atomic mass is 16.5. The molecule has 1 aliphatic heterocycles. The van der Waals surface area contributed by atoms with Crippen LogP contribution in [0.2, 0.25) is 0 Å². The van der Waals surface area contributed by atoms with Crippen molar-refractivity contribution < 1.29 is 9.84 Å². The largest absolute Gasteiger partial charge is 0.391 e. The first kappa shape index (κ1) is 13.3. The summed E-state index contributed by atoms with van der Waals surface area (Å²) >= 11 is 0. The van der Waals surface area contributed by atoms with E-state index in [0.29, 0.717) is 12.1 Å². The molecular formula is C14H27NO2. The van der Waals surface area contributed by atoms with E-state index in [9.17, 15) is 5.11 Å². The Hall–Kier alpha value is -0.120. The Morgan fingerprint density at radius 3 is 2.59 bits per heavy atom. The van der Waals surface area contributed by atoms with Crippen LogP contribution in [0.1, 0.15) is 46.5 Å². The molecule has 100 valence electrons. The lowest BCUT2D eigenvalue weighted by molar-refractivity contribution is -0.00488. The van der Waals surface area contributed by atoms with Gasteiger partial charge in [-0.15, -0.1) is 0 Å². The number of hydrogen-bond acceptors (Lipinski definition) is 3. The maximum absolute atomic E-state index is 10.4. The van der Waals surface area contributed by atoms with Crippen molar-refractivity contribution >= 4 is 0 Å². The smallest absolute Gasteiger partial charge is 0.0746 e. The van der Waals surface area contributed by atoms with E-state index in [1.54, 1.807) is 0 Å². The number of ether oxygens (including phenoxy) is 1. The summed E-state index contributed by atoms with van der Waals surface area (Å²) in [6, 6.07) is 0.333. The van der Waals surface area contributed by atoms with Crippen LogP contribution in [-0.4, -0.2) is 48.0 Å². The van der Waals surface area contributed by atoms with Crippen LogP contribution in [0.15, 0.2) is 0 Å². The van der Waals surface area contributed by atoms with E-state index < -0.39 is 0 Å². The fraction of sp³-hybridized carbons (Fsp3) is 1.00.